The van der Waals surface area contributed by atoms with E-state index in [1.165, 1.54) is 26.2 Å². The van der Waals surface area contributed by atoms with Gasteiger partial charge in [0.05, 0.1) is 5.56 Å². The lowest BCUT2D eigenvalue weighted by Gasteiger charge is -2.08. The molecule has 124 valence electrons. The van der Waals surface area contributed by atoms with E-state index in [0.717, 1.165) is 16.4 Å². The summed E-state index contributed by atoms with van der Waals surface area (Å²) in [7, 11) is -1.04. The number of benzene rings is 1. The summed E-state index contributed by atoms with van der Waals surface area (Å²) in [6.07, 6.45) is 0. The van der Waals surface area contributed by atoms with E-state index in [1.54, 1.807) is 0 Å². The number of carbonyl (C=O) groups excluding carboxylic acids is 1. The Morgan fingerprint density at radius 2 is 1.78 bits per heavy atom. The van der Waals surface area contributed by atoms with Gasteiger partial charge in [-0.15, -0.1) is 0 Å². The second-order valence-corrected chi connectivity index (χ2v) is 6.83. The van der Waals surface area contributed by atoms with Crippen LogP contribution in [0.1, 0.15) is 16.1 Å². The highest BCUT2D eigenvalue weighted by atomic mass is 32.2. The molecule has 23 heavy (non-hydrogen) atoms. The average Bonchev–Trinajstić information content (AvgIpc) is 2.93. The van der Waals surface area contributed by atoms with Gasteiger partial charge in [0, 0.05) is 20.2 Å². The molecule has 9 heteroatoms. The first-order valence-electron chi connectivity index (χ1n) is 6.34. The maximum atomic E-state index is 13.0. The predicted octanol–water partition coefficient (Wildman–Crippen LogP) is 2.17. The summed E-state index contributed by atoms with van der Waals surface area (Å²) in [5, 5.41) is -0.301. The molecule has 0 fully saturated rings. The molecule has 0 radical (unpaired) electrons. The number of hydrogen-bond donors (Lipinski definition) is 0. The summed E-state index contributed by atoms with van der Waals surface area (Å²) in [4.78, 5) is 11.7. The lowest BCUT2D eigenvalue weighted by molar-refractivity contribution is 0.0439. The minimum Gasteiger partial charge on any atom is -0.454 e. The summed E-state index contributed by atoms with van der Waals surface area (Å²) in [6.45, 7) is -0.375. The molecule has 0 atom stereocenters. The molecule has 2 aromatic rings. The van der Waals surface area contributed by atoms with Gasteiger partial charge in [-0.25, -0.2) is 26.3 Å². The number of rotatable bonds is 5. The second kappa shape index (κ2) is 6.47. The van der Waals surface area contributed by atoms with Crippen molar-refractivity contribution in [3.63, 3.8) is 0 Å². The van der Waals surface area contributed by atoms with E-state index in [-0.39, 0.29) is 23.0 Å². The van der Waals surface area contributed by atoms with Crippen molar-refractivity contribution in [3.8, 4) is 0 Å². The average molecular weight is 345 g/mol. The molecule has 1 aromatic carbocycles. The van der Waals surface area contributed by atoms with Gasteiger partial charge in [-0.1, -0.05) is 0 Å². The van der Waals surface area contributed by atoms with Crippen LogP contribution in [0.5, 0.6) is 0 Å². The molecule has 0 aliphatic rings. The number of ether oxygens (including phenoxy) is 1. The Labute approximate surface area is 131 Å². The number of carbonyl (C=O) groups is 1. The normalized spacial score (nSPS) is 11.7. The molecular formula is C14H13F2NO5S. The van der Waals surface area contributed by atoms with Crippen LogP contribution in [-0.4, -0.2) is 32.8 Å². The van der Waals surface area contributed by atoms with Crippen molar-refractivity contribution in [2.45, 2.75) is 11.7 Å². The Bertz CT molecular complexity index is 809. The van der Waals surface area contributed by atoms with E-state index < -0.39 is 27.6 Å². The molecule has 0 spiro atoms. The summed E-state index contributed by atoms with van der Waals surface area (Å²) in [5.74, 6) is -2.70. The molecule has 6 nitrogen and oxygen atoms in total. The summed E-state index contributed by atoms with van der Waals surface area (Å²) in [6, 6.07) is 4.84. The van der Waals surface area contributed by atoms with Gasteiger partial charge >= 0.3 is 5.97 Å². The SMILES string of the molecule is CN(C)S(=O)(=O)c1ccc(COC(=O)c2cc(F)cc(F)c2)o1. The van der Waals surface area contributed by atoms with E-state index >= 15 is 0 Å². The highest BCUT2D eigenvalue weighted by Gasteiger charge is 2.22. The lowest BCUT2D eigenvalue weighted by atomic mass is 10.2. The van der Waals surface area contributed by atoms with Crippen molar-refractivity contribution in [2.24, 2.45) is 0 Å². The number of halogens is 2. The van der Waals surface area contributed by atoms with Gasteiger partial charge in [0.25, 0.3) is 10.0 Å². The van der Waals surface area contributed by atoms with Crippen LogP contribution in [-0.2, 0) is 21.4 Å². The molecule has 0 saturated heterocycles. The summed E-state index contributed by atoms with van der Waals surface area (Å²) >= 11 is 0. The fourth-order valence-electron chi connectivity index (χ4n) is 1.65. The zero-order valence-electron chi connectivity index (χ0n) is 12.2. The Morgan fingerprint density at radius 3 is 2.35 bits per heavy atom. The fourth-order valence-corrected chi connectivity index (χ4v) is 2.46. The Balaban J connectivity index is 2.07. The molecule has 1 aromatic heterocycles. The van der Waals surface area contributed by atoms with Crippen LogP contribution < -0.4 is 0 Å². The molecule has 0 aliphatic heterocycles. The van der Waals surface area contributed by atoms with Gasteiger partial charge < -0.3 is 9.15 Å². The minimum absolute atomic E-state index is 0.0793. The van der Waals surface area contributed by atoms with Crippen molar-refractivity contribution < 1.29 is 31.1 Å². The molecule has 0 saturated carbocycles. The van der Waals surface area contributed by atoms with Crippen LogP contribution in [0.25, 0.3) is 0 Å². The van der Waals surface area contributed by atoms with Gasteiger partial charge in [-0.3, -0.25) is 0 Å². The van der Waals surface area contributed by atoms with Crippen molar-refractivity contribution in [1.29, 1.82) is 0 Å². The standard InChI is InChI=1S/C14H13F2NO5S/c1-17(2)23(19,20)13-4-3-12(22-13)8-21-14(18)9-5-10(15)7-11(16)6-9/h3-7H,8H2,1-2H3. The topological polar surface area (TPSA) is 76.8 Å². The van der Waals surface area contributed by atoms with Crippen LogP contribution >= 0.6 is 0 Å². The molecular weight excluding hydrogens is 332 g/mol. The fraction of sp³-hybridized carbons (Fsp3) is 0.214. The van der Waals surface area contributed by atoms with Gasteiger partial charge in [0.2, 0.25) is 5.09 Å². The van der Waals surface area contributed by atoms with Crippen LogP contribution in [0.2, 0.25) is 0 Å². The first kappa shape index (κ1) is 17.1. The van der Waals surface area contributed by atoms with Crippen molar-refractivity contribution in [2.75, 3.05) is 14.1 Å². The van der Waals surface area contributed by atoms with Crippen molar-refractivity contribution in [3.05, 3.63) is 53.3 Å². The maximum Gasteiger partial charge on any atom is 0.338 e. The number of esters is 1. The highest BCUT2D eigenvalue weighted by Crippen LogP contribution is 2.18. The predicted molar refractivity (Wildman–Crippen MR) is 75.1 cm³/mol. The third-order valence-electron chi connectivity index (χ3n) is 2.82. The Hall–Kier alpha value is -2.26. The van der Waals surface area contributed by atoms with E-state index in [9.17, 15) is 22.0 Å². The third kappa shape index (κ3) is 3.93. The van der Waals surface area contributed by atoms with Crippen molar-refractivity contribution >= 4 is 16.0 Å². The molecule has 2 rings (SSSR count). The molecule has 0 unspecified atom stereocenters. The highest BCUT2D eigenvalue weighted by molar-refractivity contribution is 7.88. The zero-order valence-corrected chi connectivity index (χ0v) is 13.1. The molecule has 0 N–H and O–H groups in total. The monoisotopic (exact) mass is 345 g/mol. The number of nitrogens with zero attached hydrogens (tertiary/aromatic N) is 1. The van der Waals surface area contributed by atoms with E-state index in [2.05, 4.69) is 0 Å². The van der Waals surface area contributed by atoms with E-state index in [4.69, 9.17) is 9.15 Å². The Morgan fingerprint density at radius 1 is 1.17 bits per heavy atom. The molecule has 0 aliphatic carbocycles. The minimum atomic E-state index is -3.73. The van der Waals surface area contributed by atoms with E-state index in [0.29, 0.717) is 6.07 Å². The van der Waals surface area contributed by atoms with Crippen LogP contribution in [0.15, 0.2) is 39.8 Å². The smallest absolute Gasteiger partial charge is 0.338 e. The molecule has 0 amide bonds. The van der Waals surface area contributed by atoms with Crippen molar-refractivity contribution in [1.82, 2.24) is 4.31 Å². The van der Waals surface area contributed by atoms with Crippen LogP contribution in [0.4, 0.5) is 8.78 Å². The number of furan rings is 1. The van der Waals surface area contributed by atoms with Gasteiger partial charge in [0.1, 0.15) is 24.0 Å². The summed E-state index contributed by atoms with van der Waals surface area (Å²) in [5.41, 5.74) is -0.296. The number of hydrogen-bond acceptors (Lipinski definition) is 5. The van der Waals surface area contributed by atoms with Gasteiger partial charge in [-0.2, -0.15) is 0 Å². The van der Waals surface area contributed by atoms with Crippen LogP contribution in [0.3, 0.4) is 0 Å². The maximum absolute atomic E-state index is 13.0. The largest absolute Gasteiger partial charge is 0.454 e. The quantitative estimate of drug-likeness (QED) is 0.776. The first-order chi connectivity index (χ1) is 10.7. The van der Waals surface area contributed by atoms with Gasteiger partial charge in [-0.05, 0) is 24.3 Å². The van der Waals surface area contributed by atoms with Gasteiger partial charge in [0.15, 0.2) is 0 Å². The first-order valence-corrected chi connectivity index (χ1v) is 7.78. The molecule has 1 heterocycles. The second-order valence-electron chi connectivity index (χ2n) is 4.74. The summed E-state index contributed by atoms with van der Waals surface area (Å²) < 4.78 is 60.6. The Kier molecular flexibility index (Phi) is 4.81. The van der Waals surface area contributed by atoms with Crippen LogP contribution in [0, 0.1) is 11.6 Å². The number of sulfonamides is 1. The van der Waals surface area contributed by atoms with E-state index in [1.807, 2.05) is 0 Å². The molecule has 0 bridgehead atoms. The zero-order chi connectivity index (χ0) is 17.2. The lowest BCUT2D eigenvalue weighted by Crippen LogP contribution is -2.21. The third-order valence-corrected chi connectivity index (χ3v) is 4.51.